The van der Waals surface area contributed by atoms with Crippen LogP contribution in [0.15, 0.2) is 57.5 Å². The van der Waals surface area contributed by atoms with Crippen molar-refractivity contribution in [3.63, 3.8) is 0 Å². The summed E-state index contributed by atoms with van der Waals surface area (Å²) in [7, 11) is 0. The molecule has 0 aliphatic heterocycles. The molecule has 0 unspecified atom stereocenters. The van der Waals surface area contributed by atoms with Gasteiger partial charge in [0.2, 0.25) is 0 Å². The zero-order valence-corrected chi connectivity index (χ0v) is 23.9. The van der Waals surface area contributed by atoms with E-state index in [0.29, 0.717) is 26.2 Å². The van der Waals surface area contributed by atoms with Crippen molar-refractivity contribution in [1.29, 1.82) is 0 Å². The highest BCUT2D eigenvalue weighted by Crippen LogP contribution is 2.18. The minimum absolute atomic E-state index is 0.292. The number of amides is 2. The molecule has 0 aliphatic rings. The summed E-state index contributed by atoms with van der Waals surface area (Å²) < 4.78 is 13.2. The molecule has 8 heteroatoms. The van der Waals surface area contributed by atoms with E-state index in [1.54, 1.807) is 9.80 Å². The molecule has 0 atom stereocenters. The third-order valence-electron chi connectivity index (χ3n) is 4.52. The monoisotopic (exact) mass is 596 g/mol. The Hall–Kier alpha value is -2.06. The topological polar surface area (TPSA) is 59.1 Å². The van der Waals surface area contributed by atoms with Gasteiger partial charge in [-0.3, -0.25) is 0 Å². The van der Waals surface area contributed by atoms with Gasteiger partial charge in [0.05, 0.1) is 0 Å². The molecular formula is C26H34Br2N2O4. The van der Waals surface area contributed by atoms with Gasteiger partial charge in [-0.25, -0.2) is 9.59 Å². The first-order chi connectivity index (χ1) is 15.7. The Balaban J connectivity index is 2.22. The molecule has 0 aromatic heterocycles. The maximum absolute atomic E-state index is 13.0. The van der Waals surface area contributed by atoms with E-state index in [2.05, 4.69) is 31.9 Å². The highest BCUT2D eigenvalue weighted by atomic mass is 79.9. The highest BCUT2D eigenvalue weighted by molar-refractivity contribution is 9.10. The van der Waals surface area contributed by atoms with E-state index in [1.165, 1.54) is 0 Å². The molecule has 2 rings (SSSR count). The van der Waals surface area contributed by atoms with Crippen LogP contribution in [-0.4, -0.2) is 46.3 Å². The first-order valence-corrected chi connectivity index (χ1v) is 12.8. The predicted molar refractivity (Wildman–Crippen MR) is 142 cm³/mol. The summed E-state index contributed by atoms with van der Waals surface area (Å²) in [6, 6.07) is 15.5. The molecule has 0 saturated carbocycles. The van der Waals surface area contributed by atoms with Crippen LogP contribution >= 0.6 is 31.9 Å². The van der Waals surface area contributed by atoms with Gasteiger partial charge in [-0.05, 0) is 76.9 Å². The molecule has 186 valence electrons. The van der Waals surface area contributed by atoms with E-state index < -0.39 is 23.4 Å². The minimum atomic E-state index is -0.628. The lowest BCUT2D eigenvalue weighted by molar-refractivity contribution is 0.0113. The van der Waals surface area contributed by atoms with E-state index in [-0.39, 0.29) is 0 Å². The summed E-state index contributed by atoms with van der Waals surface area (Å²) in [5.41, 5.74) is 0.672. The summed E-state index contributed by atoms with van der Waals surface area (Å²) in [5, 5.41) is 0. The SMILES string of the molecule is CC(C)(C)OC(=O)N(CCN(Cc1ccc(Br)cc1)C(=O)OC(C)(C)C)Cc1ccc(Br)cc1. The Labute approximate surface area is 219 Å². The number of rotatable bonds is 7. The second kappa shape index (κ2) is 12.1. The van der Waals surface area contributed by atoms with Crippen LogP contribution in [0.2, 0.25) is 0 Å². The molecule has 0 aliphatic carbocycles. The first-order valence-electron chi connectivity index (χ1n) is 11.2. The van der Waals surface area contributed by atoms with Crippen molar-refractivity contribution in [3.8, 4) is 0 Å². The Morgan fingerprint density at radius 3 is 1.21 bits per heavy atom. The number of hydrogen-bond acceptors (Lipinski definition) is 4. The molecule has 2 aromatic rings. The van der Waals surface area contributed by atoms with Crippen molar-refractivity contribution in [3.05, 3.63) is 68.6 Å². The molecule has 0 spiro atoms. The normalized spacial score (nSPS) is 11.6. The first kappa shape index (κ1) is 28.2. The Morgan fingerprint density at radius 2 is 0.941 bits per heavy atom. The van der Waals surface area contributed by atoms with Crippen LogP contribution in [-0.2, 0) is 22.6 Å². The summed E-state index contributed by atoms with van der Waals surface area (Å²) in [5.74, 6) is 0. The lowest BCUT2D eigenvalue weighted by Crippen LogP contribution is -2.44. The average Bonchev–Trinajstić information content (AvgIpc) is 2.70. The van der Waals surface area contributed by atoms with E-state index in [9.17, 15) is 9.59 Å². The fourth-order valence-electron chi connectivity index (χ4n) is 2.98. The standard InChI is InChI=1S/C26H34Br2N2O4/c1-25(2,3)33-23(31)29(17-19-7-11-21(27)12-8-19)15-16-30(24(32)34-26(4,5)6)18-20-9-13-22(28)14-10-20/h7-14H,15-18H2,1-6H3. The number of benzene rings is 2. The van der Waals surface area contributed by atoms with Crippen LogP contribution < -0.4 is 0 Å². The van der Waals surface area contributed by atoms with E-state index >= 15 is 0 Å². The molecule has 0 heterocycles. The molecule has 0 radical (unpaired) electrons. The molecular weight excluding hydrogens is 564 g/mol. The van der Waals surface area contributed by atoms with Crippen LogP contribution in [0, 0.1) is 0 Å². The van der Waals surface area contributed by atoms with Gasteiger partial charge in [0.1, 0.15) is 11.2 Å². The van der Waals surface area contributed by atoms with Crippen molar-refractivity contribution >= 4 is 44.0 Å². The van der Waals surface area contributed by atoms with Gasteiger partial charge in [0.15, 0.2) is 0 Å². The number of halogens is 2. The van der Waals surface area contributed by atoms with Crippen LogP contribution in [0.5, 0.6) is 0 Å². The van der Waals surface area contributed by atoms with Crippen molar-refractivity contribution in [2.45, 2.75) is 65.8 Å². The van der Waals surface area contributed by atoms with Crippen molar-refractivity contribution in [2.24, 2.45) is 0 Å². The lowest BCUT2D eigenvalue weighted by Gasteiger charge is -2.31. The van der Waals surface area contributed by atoms with Gasteiger partial charge >= 0.3 is 12.2 Å². The quantitative estimate of drug-likeness (QED) is 0.334. The second-order valence-electron chi connectivity index (χ2n) is 10.1. The van der Waals surface area contributed by atoms with Crippen molar-refractivity contribution in [2.75, 3.05) is 13.1 Å². The van der Waals surface area contributed by atoms with Crippen LogP contribution in [0.4, 0.5) is 9.59 Å². The maximum Gasteiger partial charge on any atom is 0.410 e. The number of carbonyl (C=O) groups is 2. The molecule has 0 fully saturated rings. The Bertz CT molecular complexity index is 869. The molecule has 0 bridgehead atoms. The third-order valence-corrected chi connectivity index (χ3v) is 5.57. The molecule has 6 nitrogen and oxygen atoms in total. The largest absolute Gasteiger partial charge is 0.444 e. The third kappa shape index (κ3) is 10.5. The van der Waals surface area contributed by atoms with Crippen LogP contribution in [0.3, 0.4) is 0 Å². The van der Waals surface area contributed by atoms with E-state index in [0.717, 1.165) is 20.1 Å². The van der Waals surface area contributed by atoms with Crippen LogP contribution in [0.1, 0.15) is 52.7 Å². The number of carbonyl (C=O) groups excluding carboxylic acids is 2. The number of ether oxygens (including phenoxy) is 2. The number of hydrogen-bond donors (Lipinski definition) is 0. The van der Waals surface area contributed by atoms with Crippen LogP contribution in [0.25, 0.3) is 0 Å². The Kier molecular flexibility index (Phi) is 10.0. The van der Waals surface area contributed by atoms with E-state index in [1.807, 2.05) is 90.1 Å². The highest BCUT2D eigenvalue weighted by Gasteiger charge is 2.26. The summed E-state index contributed by atoms with van der Waals surface area (Å²) in [6.07, 6.45) is -0.855. The molecule has 2 amide bonds. The number of nitrogens with zero attached hydrogens (tertiary/aromatic N) is 2. The van der Waals surface area contributed by atoms with Crippen molar-refractivity contribution < 1.29 is 19.1 Å². The molecule has 2 aromatic carbocycles. The zero-order chi connectivity index (χ0) is 25.5. The fraction of sp³-hybridized carbons (Fsp3) is 0.462. The van der Waals surface area contributed by atoms with Gasteiger partial charge in [-0.15, -0.1) is 0 Å². The maximum atomic E-state index is 13.0. The van der Waals surface area contributed by atoms with Gasteiger partial charge in [-0.1, -0.05) is 56.1 Å². The van der Waals surface area contributed by atoms with Crippen molar-refractivity contribution in [1.82, 2.24) is 9.80 Å². The molecule has 34 heavy (non-hydrogen) atoms. The summed E-state index contributed by atoms with van der Waals surface area (Å²) in [6.45, 7) is 12.3. The summed E-state index contributed by atoms with van der Waals surface area (Å²) >= 11 is 6.88. The Morgan fingerprint density at radius 1 is 0.647 bits per heavy atom. The minimum Gasteiger partial charge on any atom is -0.444 e. The van der Waals surface area contributed by atoms with Gasteiger partial charge < -0.3 is 19.3 Å². The fourth-order valence-corrected chi connectivity index (χ4v) is 3.51. The van der Waals surface area contributed by atoms with Gasteiger partial charge in [-0.2, -0.15) is 0 Å². The van der Waals surface area contributed by atoms with E-state index in [4.69, 9.17) is 9.47 Å². The molecule has 0 N–H and O–H groups in total. The zero-order valence-electron chi connectivity index (χ0n) is 20.7. The predicted octanol–water partition coefficient (Wildman–Crippen LogP) is 7.39. The second-order valence-corrected chi connectivity index (χ2v) is 11.9. The smallest absolute Gasteiger partial charge is 0.410 e. The summed E-state index contributed by atoms with van der Waals surface area (Å²) in [4.78, 5) is 29.2. The van der Waals surface area contributed by atoms with Gasteiger partial charge in [0.25, 0.3) is 0 Å². The molecule has 0 saturated heterocycles. The lowest BCUT2D eigenvalue weighted by atomic mass is 10.2. The van der Waals surface area contributed by atoms with Gasteiger partial charge in [0, 0.05) is 35.1 Å². The average molecular weight is 598 g/mol.